The number of nitrogens with one attached hydrogen (secondary N) is 1. The molecule has 0 spiro atoms. The zero-order chi connectivity index (χ0) is 13.8. The Kier molecular flexibility index (Phi) is 3.66. The Morgan fingerprint density at radius 2 is 2.37 bits per heavy atom. The largest absolute Gasteiger partial charge is 0.482 e. The van der Waals surface area contributed by atoms with Crippen molar-refractivity contribution >= 4 is 23.2 Å². The minimum atomic E-state index is -0.413. The SMILES string of the molecule is CNc1ccc2c(c1)N(C(=O)CCC#N)C(=O)CO2. The van der Waals surface area contributed by atoms with E-state index in [-0.39, 0.29) is 25.4 Å². The van der Waals surface area contributed by atoms with Gasteiger partial charge in [0.2, 0.25) is 5.91 Å². The summed E-state index contributed by atoms with van der Waals surface area (Å²) < 4.78 is 5.28. The fraction of sp³-hybridized carbons (Fsp3) is 0.308. The first-order chi connectivity index (χ1) is 9.17. The predicted molar refractivity (Wildman–Crippen MR) is 68.8 cm³/mol. The number of amides is 2. The number of anilines is 2. The molecule has 2 rings (SSSR count). The summed E-state index contributed by atoms with van der Waals surface area (Å²) in [5, 5.41) is 11.5. The molecule has 19 heavy (non-hydrogen) atoms. The van der Waals surface area contributed by atoms with Crippen LogP contribution in [0.5, 0.6) is 5.75 Å². The van der Waals surface area contributed by atoms with E-state index in [1.165, 1.54) is 0 Å². The monoisotopic (exact) mass is 259 g/mol. The number of imide groups is 1. The summed E-state index contributed by atoms with van der Waals surface area (Å²) in [4.78, 5) is 24.9. The molecule has 0 radical (unpaired) electrons. The molecular formula is C13H13N3O3. The van der Waals surface area contributed by atoms with Gasteiger partial charge in [0.05, 0.1) is 11.8 Å². The Bertz CT molecular complexity index is 563. The minimum absolute atomic E-state index is 0.0193. The number of carbonyl (C=O) groups excluding carboxylic acids is 2. The lowest BCUT2D eigenvalue weighted by Gasteiger charge is -2.28. The number of nitrogens with zero attached hydrogens (tertiary/aromatic N) is 2. The van der Waals surface area contributed by atoms with Crippen LogP contribution in [0.4, 0.5) is 11.4 Å². The molecule has 1 heterocycles. The van der Waals surface area contributed by atoms with Gasteiger partial charge in [-0.2, -0.15) is 5.26 Å². The third-order valence-electron chi connectivity index (χ3n) is 2.79. The van der Waals surface area contributed by atoms with Gasteiger partial charge in [-0.1, -0.05) is 0 Å². The number of fused-ring (bicyclic) bond motifs is 1. The normalized spacial score (nSPS) is 13.3. The number of hydrogen-bond donors (Lipinski definition) is 1. The summed E-state index contributed by atoms with van der Waals surface area (Å²) >= 11 is 0. The van der Waals surface area contributed by atoms with Crippen LogP contribution in [0.2, 0.25) is 0 Å². The van der Waals surface area contributed by atoms with Crippen LogP contribution >= 0.6 is 0 Å². The number of benzene rings is 1. The zero-order valence-corrected chi connectivity index (χ0v) is 10.5. The molecule has 2 amide bonds. The van der Waals surface area contributed by atoms with Crippen LogP contribution in [0.25, 0.3) is 0 Å². The van der Waals surface area contributed by atoms with Crippen LogP contribution in [-0.2, 0) is 9.59 Å². The topological polar surface area (TPSA) is 82.4 Å². The first kappa shape index (κ1) is 12.9. The first-order valence-electron chi connectivity index (χ1n) is 5.84. The molecule has 0 atom stereocenters. The number of carbonyl (C=O) groups is 2. The Hall–Kier alpha value is -2.55. The van der Waals surface area contributed by atoms with Crippen LogP contribution in [0.15, 0.2) is 18.2 Å². The third kappa shape index (κ3) is 2.50. The smallest absolute Gasteiger partial charge is 0.271 e. The number of rotatable bonds is 3. The first-order valence-corrected chi connectivity index (χ1v) is 5.84. The molecule has 0 fully saturated rings. The maximum atomic E-state index is 12.0. The van der Waals surface area contributed by atoms with Gasteiger partial charge in [0, 0.05) is 25.6 Å². The van der Waals surface area contributed by atoms with E-state index >= 15 is 0 Å². The van der Waals surface area contributed by atoms with Crippen molar-refractivity contribution in [3.63, 3.8) is 0 Å². The summed E-state index contributed by atoms with van der Waals surface area (Å²) in [6.07, 6.45) is 0.107. The molecule has 6 nitrogen and oxygen atoms in total. The number of hydrogen-bond acceptors (Lipinski definition) is 5. The molecule has 98 valence electrons. The van der Waals surface area contributed by atoms with E-state index < -0.39 is 5.91 Å². The van der Waals surface area contributed by atoms with Gasteiger partial charge in [-0.05, 0) is 18.2 Å². The number of ether oxygens (including phenoxy) is 1. The molecule has 1 aromatic carbocycles. The number of nitriles is 1. The molecule has 1 N–H and O–H groups in total. The van der Waals surface area contributed by atoms with Crippen molar-refractivity contribution < 1.29 is 14.3 Å². The fourth-order valence-electron chi connectivity index (χ4n) is 1.86. The van der Waals surface area contributed by atoms with E-state index in [1.807, 2.05) is 6.07 Å². The quantitative estimate of drug-likeness (QED) is 0.884. The summed E-state index contributed by atoms with van der Waals surface area (Å²) in [6.45, 7) is -0.163. The second kappa shape index (κ2) is 5.40. The Labute approximate surface area is 110 Å². The van der Waals surface area contributed by atoms with Crippen molar-refractivity contribution in [1.29, 1.82) is 5.26 Å². The summed E-state index contributed by atoms with van der Waals surface area (Å²) in [5.74, 6) is -0.308. The van der Waals surface area contributed by atoms with E-state index in [0.29, 0.717) is 11.4 Å². The van der Waals surface area contributed by atoms with Gasteiger partial charge in [0.25, 0.3) is 5.91 Å². The van der Waals surface area contributed by atoms with Crippen LogP contribution in [-0.4, -0.2) is 25.5 Å². The van der Waals surface area contributed by atoms with Crippen LogP contribution < -0.4 is 15.0 Å². The average molecular weight is 259 g/mol. The molecule has 0 saturated carbocycles. The van der Waals surface area contributed by atoms with Crippen molar-refractivity contribution in [3.05, 3.63) is 18.2 Å². The average Bonchev–Trinajstić information content (AvgIpc) is 2.43. The lowest BCUT2D eigenvalue weighted by Crippen LogP contribution is -2.43. The molecule has 1 aromatic rings. The van der Waals surface area contributed by atoms with Crippen LogP contribution in [0, 0.1) is 11.3 Å². The summed E-state index contributed by atoms with van der Waals surface area (Å²) in [5.41, 5.74) is 1.20. The minimum Gasteiger partial charge on any atom is -0.482 e. The molecule has 0 saturated heterocycles. The van der Waals surface area contributed by atoms with Gasteiger partial charge in [0.1, 0.15) is 5.75 Å². The molecule has 0 aliphatic carbocycles. The molecular weight excluding hydrogens is 246 g/mol. The van der Waals surface area contributed by atoms with Crippen molar-refractivity contribution in [2.45, 2.75) is 12.8 Å². The predicted octanol–water partition coefficient (Wildman–Crippen LogP) is 1.28. The van der Waals surface area contributed by atoms with Gasteiger partial charge < -0.3 is 10.1 Å². The standard InChI is InChI=1S/C13H13N3O3/c1-15-9-4-5-11-10(7-9)16(13(18)8-19-11)12(17)3-2-6-14/h4-5,7,15H,2-3,8H2,1H3. The van der Waals surface area contributed by atoms with E-state index in [2.05, 4.69) is 5.32 Å². The highest BCUT2D eigenvalue weighted by atomic mass is 16.5. The Morgan fingerprint density at radius 3 is 3.05 bits per heavy atom. The van der Waals surface area contributed by atoms with Gasteiger partial charge in [0.15, 0.2) is 6.61 Å². The second-order valence-corrected chi connectivity index (χ2v) is 4.00. The summed E-state index contributed by atoms with van der Waals surface area (Å²) in [7, 11) is 1.75. The fourth-order valence-corrected chi connectivity index (χ4v) is 1.86. The van der Waals surface area contributed by atoms with Crippen molar-refractivity contribution in [3.8, 4) is 11.8 Å². The van der Waals surface area contributed by atoms with Crippen LogP contribution in [0.3, 0.4) is 0 Å². The highest BCUT2D eigenvalue weighted by molar-refractivity contribution is 6.17. The molecule has 6 heteroatoms. The van der Waals surface area contributed by atoms with Crippen molar-refractivity contribution in [2.24, 2.45) is 0 Å². The van der Waals surface area contributed by atoms with E-state index in [9.17, 15) is 9.59 Å². The van der Waals surface area contributed by atoms with E-state index in [4.69, 9.17) is 10.00 Å². The lowest BCUT2D eigenvalue weighted by molar-refractivity contribution is -0.128. The Balaban J connectivity index is 2.36. The van der Waals surface area contributed by atoms with Crippen molar-refractivity contribution in [2.75, 3.05) is 23.9 Å². The van der Waals surface area contributed by atoms with Crippen molar-refractivity contribution in [1.82, 2.24) is 0 Å². The maximum Gasteiger partial charge on any atom is 0.271 e. The highest BCUT2D eigenvalue weighted by Gasteiger charge is 2.30. The van der Waals surface area contributed by atoms with Gasteiger partial charge in [-0.3, -0.25) is 9.59 Å². The molecule has 1 aliphatic heterocycles. The van der Waals surface area contributed by atoms with Gasteiger partial charge in [-0.25, -0.2) is 4.90 Å². The Morgan fingerprint density at radius 1 is 1.58 bits per heavy atom. The maximum absolute atomic E-state index is 12.0. The molecule has 0 unspecified atom stereocenters. The lowest BCUT2D eigenvalue weighted by atomic mass is 10.2. The third-order valence-corrected chi connectivity index (χ3v) is 2.79. The second-order valence-electron chi connectivity index (χ2n) is 4.00. The molecule has 1 aliphatic rings. The van der Waals surface area contributed by atoms with Gasteiger partial charge >= 0.3 is 0 Å². The van der Waals surface area contributed by atoms with Crippen LogP contribution in [0.1, 0.15) is 12.8 Å². The highest BCUT2D eigenvalue weighted by Crippen LogP contribution is 2.34. The van der Waals surface area contributed by atoms with Gasteiger partial charge in [-0.15, -0.1) is 0 Å². The molecule has 0 bridgehead atoms. The molecule has 0 aromatic heterocycles. The van der Waals surface area contributed by atoms with E-state index in [1.54, 1.807) is 25.2 Å². The van der Waals surface area contributed by atoms with E-state index in [0.717, 1.165) is 10.6 Å². The summed E-state index contributed by atoms with van der Waals surface area (Å²) in [6, 6.07) is 7.08. The zero-order valence-electron chi connectivity index (χ0n) is 10.5.